The SMILES string of the molecule is CCOC(=O)/C=C1\SCC(=O)N1CCSc1nc2ccccc2o1. The number of nitrogens with zero attached hydrogens (tertiary/aromatic N) is 2. The summed E-state index contributed by atoms with van der Waals surface area (Å²) in [5.74, 6) is 0.540. The predicted molar refractivity (Wildman–Crippen MR) is 93.6 cm³/mol. The largest absolute Gasteiger partial charge is 0.463 e. The van der Waals surface area contributed by atoms with Gasteiger partial charge in [-0.25, -0.2) is 9.78 Å². The molecule has 1 aliphatic heterocycles. The highest BCUT2D eigenvalue weighted by atomic mass is 32.2. The van der Waals surface area contributed by atoms with Crippen LogP contribution in [0.1, 0.15) is 6.92 Å². The molecule has 0 unspecified atom stereocenters. The number of benzene rings is 1. The standard InChI is InChI=1S/C16H16N2O4S2/c1-2-21-15(20)9-14-18(13(19)10-24-14)7-8-23-16-17-11-5-3-4-6-12(11)22-16/h3-6,9H,2,7-8,10H2,1H3/b14-9-. The van der Waals surface area contributed by atoms with Crippen molar-refractivity contribution in [1.29, 1.82) is 0 Å². The van der Waals surface area contributed by atoms with Gasteiger partial charge in [-0.2, -0.15) is 0 Å². The van der Waals surface area contributed by atoms with Crippen molar-refractivity contribution < 1.29 is 18.7 Å². The number of carbonyl (C=O) groups excluding carboxylic acids is 2. The van der Waals surface area contributed by atoms with E-state index in [-0.39, 0.29) is 5.91 Å². The number of carbonyl (C=O) groups is 2. The maximum Gasteiger partial charge on any atom is 0.333 e. The van der Waals surface area contributed by atoms with Crippen molar-refractivity contribution in [3.8, 4) is 0 Å². The molecule has 0 spiro atoms. The predicted octanol–water partition coefficient (Wildman–Crippen LogP) is 2.90. The minimum atomic E-state index is -0.425. The van der Waals surface area contributed by atoms with Gasteiger partial charge in [0.1, 0.15) is 5.52 Å². The lowest BCUT2D eigenvalue weighted by atomic mass is 10.3. The van der Waals surface area contributed by atoms with E-state index in [0.29, 0.717) is 34.9 Å². The molecule has 1 aromatic heterocycles. The molecule has 1 aromatic carbocycles. The van der Waals surface area contributed by atoms with Crippen molar-refractivity contribution in [3.63, 3.8) is 0 Å². The number of aromatic nitrogens is 1. The highest BCUT2D eigenvalue weighted by Crippen LogP contribution is 2.30. The van der Waals surface area contributed by atoms with Crippen LogP contribution in [-0.4, -0.2) is 46.4 Å². The number of ether oxygens (including phenoxy) is 1. The molecule has 0 N–H and O–H groups in total. The van der Waals surface area contributed by atoms with Crippen molar-refractivity contribution in [2.45, 2.75) is 12.1 Å². The molecule has 0 saturated carbocycles. The van der Waals surface area contributed by atoms with E-state index in [9.17, 15) is 9.59 Å². The average molecular weight is 364 g/mol. The molecule has 0 bridgehead atoms. The molecule has 6 nitrogen and oxygen atoms in total. The van der Waals surface area contributed by atoms with Crippen molar-refractivity contribution in [1.82, 2.24) is 9.88 Å². The van der Waals surface area contributed by atoms with Gasteiger partial charge >= 0.3 is 5.97 Å². The summed E-state index contributed by atoms with van der Waals surface area (Å²) in [5.41, 5.74) is 1.56. The van der Waals surface area contributed by atoms with Crippen LogP contribution in [0.4, 0.5) is 0 Å². The normalized spacial score (nSPS) is 16.3. The number of oxazole rings is 1. The first-order valence-electron chi connectivity index (χ1n) is 7.47. The lowest BCUT2D eigenvalue weighted by Crippen LogP contribution is -2.27. The van der Waals surface area contributed by atoms with E-state index < -0.39 is 5.97 Å². The molecule has 1 amide bonds. The third-order valence-corrected chi connectivity index (χ3v) is 5.09. The minimum Gasteiger partial charge on any atom is -0.463 e. The molecular weight excluding hydrogens is 348 g/mol. The van der Waals surface area contributed by atoms with Crippen molar-refractivity contribution in [3.05, 3.63) is 35.4 Å². The van der Waals surface area contributed by atoms with Crippen LogP contribution in [0.3, 0.4) is 0 Å². The summed E-state index contributed by atoms with van der Waals surface area (Å²) >= 11 is 2.79. The molecule has 0 radical (unpaired) electrons. The maximum absolute atomic E-state index is 12.0. The molecule has 0 aliphatic carbocycles. The lowest BCUT2D eigenvalue weighted by molar-refractivity contribution is -0.137. The second-order valence-corrected chi connectivity index (χ2v) is 6.91. The van der Waals surface area contributed by atoms with Gasteiger partial charge in [-0.1, -0.05) is 35.7 Å². The summed E-state index contributed by atoms with van der Waals surface area (Å²) < 4.78 is 10.5. The van der Waals surface area contributed by atoms with E-state index in [1.807, 2.05) is 24.3 Å². The van der Waals surface area contributed by atoms with Crippen LogP contribution in [0.25, 0.3) is 11.1 Å². The van der Waals surface area contributed by atoms with E-state index in [0.717, 1.165) is 11.1 Å². The number of thioether (sulfide) groups is 2. The number of esters is 1. The Morgan fingerprint density at radius 2 is 2.33 bits per heavy atom. The zero-order valence-corrected chi connectivity index (χ0v) is 14.7. The van der Waals surface area contributed by atoms with Gasteiger partial charge in [0.2, 0.25) is 5.91 Å². The van der Waals surface area contributed by atoms with Crippen LogP contribution >= 0.6 is 23.5 Å². The number of para-hydroxylation sites is 2. The number of rotatable bonds is 6. The second kappa shape index (κ2) is 7.76. The molecule has 24 heavy (non-hydrogen) atoms. The molecule has 8 heteroatoms. The number of fused-ring (bicyclic) bond motifs is 1. The fourth-order valence-corrected chi connectivity index (χ4v) is 3.91. The number of hydrogen-bond donors (Lipinski definition) is 0. The minimum absolute atomic E-state index is 0.00582. The van der Waals surface area contributed by atoms with E-state index in [2.05, 4.69) is 4.98 Å². The molecule has 2 aromatic rings. The van der Waals surface area contributed by atoms with Gasteiger partial charge in [-0.05, 0) is 19.1 Å². The molecule has 1 saturated heterocycles. The Hall–Kier alpha value is -1.93. The molecule has 126 valence electrons. The zero-order valence-electron chi connectivity index (χ0n) is 13.1. The van der Waals surface area contributed by atoms with E-state index in [1.165, 1.54) is 29.6 Å². The Morgan fingerprint density at radius 3 is 3.12 bits per heavy atom. The molecule has 1 aliphatic rings. The molecular formula is C16H16N2O4S2. The van der Waals surface area contributed by atoms with Crippen molar-refractivity contribution in [2.24, 2.45) is 0 Å². The van der Waals surface area contributed by atoms with Gasteiger partial charge in [-0.3, -0.25) is 4.79 Å². The van der Waals surface area contributed by atoms with Crippen molar-refractivity contribution >= 4 is 46.5 Å². The number of amides is 1. The van der Waals surface area contributed by atoms with Crippen LogP contribution in [0.2, 0.25) is 0 Å². The van der Waals surface area contributed by atoms with Crippen LogP contribution < -0.4 is 0 Å². The molecule has 0 atom stereocenters. The summed E-state index contributed by atoms with van der Waals surface area (Å²) in [7, 11) is 0. The summed E-state index contributed by atoms with van der Waals surface area (Å²) in [6.45, 7) is 2.55. The van der Waals surface area contributed by atoms with Crippen LogP contribution in [-0.2, 0) is 14.3 Å². The summed E-state index contributed by atoms with van der Waals surface area (Å²) in [4.78, 5) is 29.5. The van der Waals surface area contributed by atoms with Gasteiger partial charge in [0.25, 0.3) is 5.22 Å². The zero-order chi connectivity index (χ0) is 16.9. The molecule has 3 rings (SSSR count). The molecule has 1 fully saturated rings. The Kier molecular flexibility index (Phi) is 5.47. The van der Waals surface area contributed by atoms with Crippen molar-refractivity contribution in [2.75, 3.05) is 24.7 Å². The first-order valence-corrected chi connectivity index (χ1v) is 9.44. The van der Waals surface area contributed by atoms with Crippen LogP contribution in [0, 0.1) is 0 Å². The molecule has 2 heterocycles. The fourth-order valence-electron chi connectivity index (χ4n) is 2.19. The monoisotopic (exact) mass is 364 g/mol. The third-order valence-electron chi connectivity index (χ3n) is 3.25. The highest BCUT2D eigenvalue weighted by molar-refractivity contribution is 8.04. The van der Waals surface area contributed by atoms with E-state index in [4.69, 9.17) is 9.15 Å². The highest BCUT2D eigenvalue weighted by Gasteiger charge is 2.27. The smallest absolute Gasteiger partial charge is 0.333 e. The van der Waals surface area contributed by atoms with E-state index >= 15 is 0 Å². The summed E-state index contributed by atoms with van der Waals surface area (Å²) in [6.07, 6.45) is 1.38. The average Bonchev–Trinajstić information content (AvgIpc) is 3.12. The van der Waals surface area contributed by atoms with Gasteiger partial charge in [0.15, 0.2) is 5.58 Å². The van der Waals surface area contributed by atoms with E-state index in [1.54, 1.807) is 11.8 Å². The first kappa shape index (κ1) is 16.9. The van der Waals surface area contributed by atoms with Gasteiger partial charge in [0, 0.05) is 12.3 Å². The summed E-state index contributed by atoms with van der Waals surface area (Å²) in [6, 6.07) is 7.57. The van der Waals surface area contributed by atoms with Gasteiger partial charge in [-0.15, -0.1) is 0 Å². The second-order valence-electron chi connectivity index (χ2n) is 4.86. The fraction of sp³-hybridized carbons (Fsp3) is 0.312. The van der Waals surface area contributed by atoms with Gasteiger partial charge < -0.3 is 14.1 Å². The van der Waals surface area contributed by atoms with Crippen LogP contribution in [0.15, 0.2) is 45.0 Å². The quantitative estimate of drug-likeness (QED) is 0.443. The Balaban J connectivity index is 1.59. The maximum atomic E-state index is 12.0. The Bertz CT molecular complexity index is 754. The van der Waals surface area contributed by atoms with Crippen LogP contribution in [0.5, 0.6) is 0 Å². The Labute approximate surface area is 147 Å². The third kappa shape index (κ3) is 3.93. The topological polar surface area (TPSA) is 72.6 Å². The summed E-state index contributed by atoms with van der Waals surface area (Å²) in [5, 5.41) is 1.21. The van der Waals surface area contributed by atoms with Gasteiger partial charge in [0.05, 0.1) is 23.5 Å². The first-order chi connectivity index (χ1) is 11.7. The Morgan fingerprint density at radius 1 is 1.50 bits per heavy atom. The lowest BCUT2D eigenvalue weighted by Gasteiger charge is -2.15. The number of hydrogen-bond acceptors (Lipinski definition) is 7.